The number of aryl methyl sites for hydroxylation is 2. The number of rotatable bonds is 9. The second-order valence-electron chi connectivity index (χ2n) is 8.00. The van der Waals surface area contributed by atoms with E-state index in [1.54, 1.807) is 0 Å². The first-order chi connectivity index (χ1) is 14.3. The lowest BCUT2D eigenvalue weighted by molar-refractivity contribution is 0.0127. The standard InChI is InChI=1S/C23H31N3O3S/c1-6-29-12-17(27)10-26(14(2)3)11-20-24-22(28)21-19(13-30-23(21)25-20)18-9-15(4)7-8-16(18)5/h7-9,13-14,17,27H,6,10-12H2,1-5H3,(H,24,25,28)/t17-/m1/s1. The Bertz CT molecular complexity index is 1060. The van der Waals surface area contributed by atoms with E-state index in [9.17, 15) is 9.90 Å². The van der Waals surface area contributed by atoms with Crippen molar-refractivity contribution in [2.75, 3.05) is 19.8 Å². The molecule has 1 atom stereocenters. The molecule has 2 N–H and O–H groups in total. The van der Waals surface area contributed by atoms with E-state index in [1.165, 1.54) is 11.3 Å². The highest BCUT2D eigenvalue weighted by atomic mass is 32.1. The van der Waals surface area contributed by atoms with Gasteiger partial charge in [0, 0.05) is 30.1 Å². The molecule has 162 valence electrons. The summed E-state index contributed by atoms with van der Waals surface area (Å²) in [4.78, 5) is 23.5. The van der Waals surface area contributed by atoms with Crippen LogP contribution in [-0.4, -0.2) is 51.9 Å². The van der Waals surface area contributed by atoms with Crippen molar-refractivity contribution in [1.82, 2.24) is 14.9 Å². The van der Waals surface area contributed by atoms with E-state index < -0.39 is 6.10 Å². The van der Waals surface area contributed by atoms with Crippen molar-refractivity contribution >= 4 is 21.6 Å². The summed E-state index contributed by atoms with van der Waals surface area (Å²) >= 11 is 1.49. The van der Waals surface area contributed by atoms with Gasteiger partial charge in [0.05, 0.1) is 24.6 Å². The smallest absolute Gasteiger partial charge is 0.260 e. The molecule has 0 fully saturated rings. The number of aromatic amines is 1. The molecule has 0 aliphatic rings. The van der Waals surface area contributed by atoms with Crippen LogP contribution in [0.25, 0.3) is 21.3 Å². The molecule has 0 amide bonds. The van der Waals surface area contributed by atoms with E-state index in [-0.39, 0.29) is 11.6 Å². The fourth-order valence-electron chi connectivity index (χ4n) is 3.52. The quantitative estimate of drug-likeness (QED) is 0.540. The zero-order valence-corrected chi connectivity index (χ0v) is 19.2. The van der Waals surface area contributed by atoms with Crippen molar-refractivity contribution in [1.29, 1.82) is 0 Å². The van der Waals surface area contributed by atoms with Crippen molar-refractivity contribution in [2.45, 2.75) is 53.3 Å². The number of hydrogen-bond donors (Lipinski definition) is 2. The molecule has 3 aromatic rings. The summed E-state index contributed by atoms with van der Waals surface area (Å²) in [5.41, 5.74) is 4.19. The van der Waals surface area contributed by atoms with E-state index in [0.29, 0.717) is 37.5 Å². The van der Waals surface area contributed by atoms with Gasteiger partial charge in [0.2, 0.25) is 0 Å². The molecule has 0 saturated carbocycles. The van der Waals surface area contributed by atoms with Crippen LogP contribution >= 0.6 is 11.3 Å². The molecule has 0 saturated heterocycles. The highest BCUT2D eigenvalue weighted by Gasteiger charge is 2.19. The molecule has 2 aromatic heterocycles. The molecule has 2 heterocycles. The van der Waals surface area contributed by atoms with Gasteiger partial charge in [-0.2, -0.15) is 0 Å². The van der Waals surface area contributed by atoms with Crippen LogP contribution in [0.3, 0.4) is 0 Å². The third-order valence-corrected chi connectivity index (χ3v) is 6.09. The monoisotopic (exact) mass is 429 g/mol. The summed E-state index contributed by atoms with van der Waals surface area (Å²) in [6.07, 6.45) is -0.583. The summed E-state index contributed by atoms with van der Waals surface area (Å²) in [5, 5.41) is 12.9. The van der Waals surface area contributed by atoms with Crippen LogP contribution in [0.15, 0.2) is 28.4 Å². The largest absolute Gasteiger partial charge is 0.389 e. The number of aliphatic hydroxyl groups excluding tert-OH is 1. The Labute approximate surface area is 181 Å². The van der Waals surface area contributed by atoms with Gasteiger partial charge in [0.15, 0.2) is 0 Å². The second-order valence-corrected chi connectivity index (χ2v) is 8.86. The van der Waals surface area contributed by atoms with Gasteiger partial charge in [-0.25, -0.2) is 4.98 Å². The molecule has 0 unspecified atom stereocenters. The lowest BCUT2D eigenvalue weighted by atomic mass is 9.99. The number of thiophene rings is 1. The maximum absolute atomic E-state index is 13.0. The summed E-state index contributed by atoms with van der Waals surface area (Å²) in [5.74, 6) is 0.610. The van der Waals surface area contributed by atoms with Gasteiger partial charge in [0.1, 0.15) is 10.7 Å². The van der Waals surface area contributed by atoms with Crippen molar-refractivity contribution in [2.24, 2.45) is 0 Å². The molecule has 0 radical (unpaired) electrons. The van der Waals surface area contributed by atoms with Crippen LogP contribution in [0.1, 0.15) is 37.7 Å². The Hall–Kier alpha value is -2.06. The molecular formula is C23H31N3O3S. The lowest BCUT2D eigenvalue weighted by Gasteiger charge is -2.28. The van der Waals surface area contributed by atoms with E-state index in [1.807, 2.05) is 12.3 Å². The van der Waals surface area contributed by atoms with Crippen molar-refractivity contribution in [3.8, 4) is 11.1 Å². The number of benzene rings is 1. The molecule has 6 nitrogen and oxygen atoms in total. The van der Waals surface area contributed by atoms with Crippen molar-refractivity contribution in [3.63, 3.8) is 0 Å². The number of fused-ring (bicyclic) bond motifs is 1. The first-order valence-electron chi connectivity index (χ1n) is 10.4. The molecule has 0 spiro atoms. The van der Waals surface area contributed by atoms with Crippen LogP contribution in [-0.2, 0) is 11.3 Å². The summed E-state index contributed by atoms with van der Waals surface area (Å²) in [7, 11) is 0. The maximum Gasteiger partial charge on any atom is 0.260 e. The minimum Gasteiger partial charge on any atom is -0.389 e. The number of aromatic nitrogens is 2. The van der Waals surface area contributed by atoms with Gasteiger partial charge < -0.3 is 14.8 Å². The minimum atomic E-state index is -0.583. The zero-order chi connectivity index (χ0) is 21.8. The van der Waals surface area contributed by atoms with E-state index in [0.717, 1.165) is 27.1 Å². The average molecular weight is 430 g/mol. The number of ether oxygens (including phenoxy) is 1. The fourth-order valence-corrected chi connectivity index (χ4v) is 4.48. The third-order valence-electron chi connectivity index (χ3n) is 5.22. The predicted octanol–water partition coefficient (Wildman–Crippen LogP) is 3.88. The highest BCUT2D eigenvalue weighted by molar-refractivity contribution is 7.17. The number of hydrogen-bond acceptors (Lipinski definition) is 6. The Morgan fingerprint density at radius 3 is 2.73 bits per heavy atom. The van der Waals surface area contributed by atoms with Gasteiger partial charge in [-0.05, 0) is 45.7 Å². The number of H-pyrrole nitrogens is 1. The molecular weight excluding hydrogens is 398 g/mol. The topological polar surface area (TPSA) is 78.5 Å². The van der Waals surface area contributed by atoms with Crippen LogP contribution < -0.4 is 5.56 Å². The summed E-state index contributed by atoms with van der Waals surface area (Å²) in [6.45, 7) is 11.9. The first kappa shape index (κ1) is 22.6. The number of nitrogens with one attached hydrogen (secondary N) is 1. The molecule has 0 aliphatic carbocycles. The van der Waals surface area contributed by atoms with Crippen molar-refractivity contribution < 1.29 is 9.84 Å². The number of aliphatic hydroxyl groups is 1. The normalized spacial score (nSPS) is 12.9. The fraction of sp³-hybridized carbons (Fsp3) is 0.478. The Morgan fingerprint density at radius 1 is 1.27 bits per heavy atom. The van der Waals surface area contributed by atoms with Crippen LogP contribution in [0, 0.1) is 13.8 Å². The summed E-state index contributed by atoms with van der Waals surface area (Å²) < 4.78 is 5.32. The first-order valence-corrected chi connectivity index (χ1v) is 11.3. The lowest BCUT2D eigenvalue weighted by Crippen LogP contribution is -2.39. The Kier molecular flexibility index (Phi) is 7.41. The van der Waals surface area contributed by atoms with E-state index >= 15 is 0 Å². The molecule has 30 heavy (non-hydrogen) atoms. The van der Waals surface area contributed by atoms with Gasteiger partial charge in [-0.15, -0.1) is 11.3 Å². The van der Waals surface area contributed by atoms with E-state index in [2.05, 4.69) is 55.8 Å². The molecule has 1 aromatic carbocycles. The Balaban J connectivity index is 1.90. The van der Waals surface area contributed by atoms with Gasteiger partial charge in [0.25, 0.3) is 5.56 Å². The van der Waals surface area contributed by atoms with Gasteiger partial charge >= 0.3 is 0 Å². The van der Waals surface area contributed by atoms with Gasteiger partial charge in [-0.3, -0.25) is 9.69 Å². The maximum atomic E-state index is 13.0. The average Bonchev–Trinajstić information content (AvgIpc) is 3.12. The molecule has 0 bridgehead atoms. The molecule has 7 heteroatoms. The van der Waals surface area contributed by atoms with Crippen molar-refractivity contribution in [3.05, 3.63) is 50.9 Å². The minimum absolute atomic E-state index is 0.120. The van der Waals surface area contributed by atoms with Gasteiger partial charge in [-0.1, -0.05) is 23.8 Å². The van der Waals surface area contributed by atoms with Crippen LogP contribution in [0.5, 0.6) is 0 Å². The number of nitrogens with zero attached hydrogens (tertiary/aromatic N) is 2. The second kappa shape index (κ2) is 9.83. The van der Waals surface area contributed by atoms with Crippen LogP contribution in [0.4, 0.5) is 0 Å². The van der Waals surface area contributed by atoms with E-state index in [4.69, 9.17) is 9.72 Å². The summed E-state index contributed by atoms with van der Waals surface area (Å²) in [6, 6.07) is 6.47. The molecule has 0 aliphatic heterocycles. The third kappa shape index (κ3) is 5.16. The van der Waals surface area contributed by atoms with Crippen LogP contribution in [0.2, 0.25) is 0 Å². The molecule has 3 rings (SSSR count). The SMILES string of the molecule is CCOC[C@H](O)CN(Cc1nc2scc(-c3cc(C)ccc3C)c2c(=O)[nH]1)C(C)C. The zero-order valence-electron chi connectivity index (χ0n) is 18.4. The highest BCUT2D eigenvalue weighted by Crippen LogP contribution is 2.33. The predicted molar refractivity (Wildman–Crippen MR) is 123 cm³/mol. The Morgan fingerprint density at radius 2 is 2.03 bits per heavy atom.